The number of rotatable bonds is 4. The van der Waals surface area contributed by atoms with Gasteiger partial charge < -0.3 is 10.1 Å². The molecule has 0 aromatic heterocycles. The van der Waals surface area contributed by atoms with Crippen molar-refractivity contribution in [1.82, 2.24) is 10.2 Å². The first-order chi connectivity index (χ1) is 8.45. The zero-order chi connectivity index (χ0) is 13.7. The summed E-state index contributed by atoms with van der Waals surface area (Å²) >= 11 is 0. The van der Waals surface area contributed by atoms with E-state index in [0.717, 1.165) is 0 Å². The minimum Gasteiger partial charge on any atom is -0.469 e. The molecule has 1 amide bonds. The fourth-order valence-electron chi connectivity index (χ4n) is 2.17. The molecule has 2 unspecified atom stereocenters. The number of esters is 1. The first-order valence-electron chi connectivity index (χ1n) is 6.01. The summed E-state index contributed by atoms with van der Waals surface area (Å²) in [5, 5.41) is 2.59. The molecule has 1 aliphatic heterocycles. The maximum Gasteiger partial charge on any atom is 0.309 e. The predicted octanol–water partition coefficient (Wildman–Crippen LogP) is -0.425. The molecule has 2 atom stereocenters. The summed E-state index contributed by atoms with van der Waals surface area (Å²) in [5.41, 5.74) is 0. The Bertz CT molecular complexity index is 343. The fraction of sp³-hybridized carbons (Fsp3) is 0.750. The number of amides is 1. The molecule has 1 N–H and O–H groups in total. The lowest BCUT2D eigenvalue weighted by Gasteiger charge is -2.34. The highest BCUT2D eigenvalue weighted by atomic mass is 16.5. The van der Waals surface area contributed by atoms with E-state index in [1.165, 1.54) is 14.0 Å². The molecule has 1 fully saturated rings. The van der Waals surface area contributed by atoms with Gasteiger partial charge in [-0.1, -0.05) is 0 Å². The van der Waals surface area contributed by atoms with Crippen molar-refractivity contribution in [2.24, 2.45) is 5.92 Å². The van der Waals surface area contributed by atoms with Crippen LogP contribution in [0.25, 0.3) is 0 Å². The summed E-state index contributed by atoms with van der Waals surface area (Å²) in [6, 6.07) is -0.273. The van der Waals surface area contributed by atoms with Crippen molar-refractivity contribution in [3.8, 4) is 0 Å². The molecule has 0 bridgehead atoms. The largest absolute Gasteiger partial charge is 0.469 e. The van der Waals surface area contributed by atoms with Crippen LogP contribution in [0.1, 0.15) is 19.8 Å². The molecule has 0 aromatic rings. The van der Waals surface area contributed by atoms with E-state index in [1.807, 2.05) is 4.90 Å². The lowest BCUT2D eigenvalue weighted by Crippen LogP contribution is -2.51. The second-order valence-electron chi connectivity index (χ2n) is 4.67. The molecule has 1 heterocycles. The van der Waals surface area contributed by atoms with Crippen LogP contribution in [0.5, 0.6) is 0 Å². The third kappa shape index (κ3) is 3.80. The van der Waals surface area contributed by atoms with Gasteiger partial charge in [-0.05, 0) is 26.8 Å². The second kappa shape index (κ2) is 6.49. The molecule has 0 aliphatic carbocycles. The Kier molecular flexibility index (Phi) is 5.27. The average molecular weight is 256 g/mol. The van der Waals surface area contributed by atoms with Crippen LogP contribution in [0.4, 0.5) is 0 Å². The van der Waals surface area contributed by atoms with E-state index in [1.54, 1.807) is 7.05 Å². The second-order valence-corrected chi connectivity index (χ2v) is 4.67. The third-order valence-corrected chi connectivity index (χ3v) is 3.18. The zero-order valence-corrected chi connectivity index (χ0v) is 11.1. The number of likely N-dealkylation sites (N-methyl/N-ethyl adjacent to an activating group) is 1. The van der Waals surface area contributed by atoms with Crippen molar-refractivity contribution in [3.05, 3.63) is 0 Å². The highest BCUT2D eigenvalue weighted by Crippen LogP contribution is 2.21. The first-order valence-corrected chi connectivity index (χ1v) is 6.01. The molecule has 102 valence electrons. The molecular weight excluding hydrogens is 236 g/mol. The van der Waals surface area contributed by atoms with Crippen LogP contribution >= 0.6 is 0 Å². The smallest absolute Gasteiger partial charge is 0.309 e. The van der Waals surface area contributed by atoms with E-state index in [0.29, 0.717) is 19.4 Å². The number of nitrogens with zero attached hydrogens (tertiary/aromatic N) is 1. The number of hydrogen-bond acceptors (Lipinski definition) is 5. The van der Waals surface area contributed by atoms with Crippen molar-refractivity contribution in [2.75, 3.05) is 27.2 Å². The van der Waals surface area contributed by atoms with Crippen molar-refractivity contribution >= 4 is 17.7 Å². The molecule has 0 aromatic carbocycles. The maximum atomic E-state index is 11.8. The summed E-state index contributed by atoms with van der Waals surface area (Å²) in [6.45, 7) is 1.99. The van der Waals surface area contributed by atoms with Crippen molar-refractivity contribution < 1.29 is 19.1 Å². The van der Waals surface area contributed by atoms with Gasteiger partial charge in [-0.25, -0.2) is 0 Å². The molecule has 1 aliphatic rings. The lowest BCUT2D eigenvalue weighted by atomic mass is 9.93. The highest BCUT2D eigenvalue weighted by molar-refractivity contribution is 5.87. The zero-order valence-electron chi connectivity index (χ0n) is 11.1. The summed E-state index contributed by atoms with van der Waals surface area (Å²) in [4.78, 5) is 35.9. The molecule has 18 heavy (non-hydrogen) atoms. The van der Waals surface area contributed by atoms with Gasteiger partial charge in [0.15, 0.2) is 0 Å². The fourth-order valence-corrected chi connectivity index (χ4v) is 2.17. The van der Waals surface area contributed by atoms with Crippen molar-refractivity contribution in [2.45, 2.75) is 25.8 Å². The van der Waals surface area contributed by atoms with E-state index in [-0.39, 0.29) is 36.2 Å². The third-order valence-electron chi connectivity index (χ3n) is 3.18. The van der Waals surface area contributed by atoms with Gasteiger partial charge in [-0.3, -0.25) is 19.3 Å². The number of likely N-dealkylation sites (tertiary alicyclic amines) is 1. The van der Waals surface area contributed by atoms with Crippen LogP contribution in [0.3, 0.4) is 0 Å². The number of Topliss-reactive ketones (excluding diaryl/α,β-unsaturated/α-hetero) is 1. The monoisotopic (exact) mass is 256 g/mol. The van der Waals surface area contributed by atoms with Crippen LogP contribution in [-0.2, 0) is 19.1 Å². The van der Waals surface area contributed by atoms with Gasteiger partial charge in [0.05, 0.1) is 25.6 Å². The molecule has 0 spiro atoms. The Morgan fingerprint density at radius 2 is 2.00 bits per heavy atom. The quantitative estimate of drug-likeness (QED) is 0.691. The lowest BCUT2D eigenvalue weighted by molar-refractivity contribution is -0.149. The Morgan fingerprint density at radius 1 is 1.33 bits per heavy atom. The van der Waals surface area contributed by atoms with Crippen molar-refractivity contribution in [3.63, 3.8) is 0 Å². The van der Waals surface area contributed by atoms with Gasteiger partial charge >= 0.3 is 5.97 Å². The first kappa shape index (κ1) is 14.6. The molecule has 0 saturated carbocycles. The number of carbonyl (C=O) groups is 3. The minimum absolute atomic E-state index is 0.0591. The van der Waals surface area contributed by atoms with Crippen LogP contribution in [0.2, 0.25) is 0 Å². The normalized spacial score (nSPS) is 24.4. The Hall–Kier alpha value is -1.43. The Balaban J connectivity index is 2.49. The molecule has 6 nitrogen and oxygen atoms in total. The molecular formula is C12H20N2O4. The summed E-state index contributed by atoms with van der Waals surface area (Å²) in [7, 11) is 3.17. The highest BCUT2D eigenvalue weighted by Gasteiger charge is 2.34. The van der Waals surface area contributed by atoms with E-state index in [2.05, 4.69) is 5.32 Å². The molecule has 1 saturated heterocycles. The summed E-state index contributed by atoms with van der Waals surface area (Å²) in [5.74, 6) is -0.633. The van der Waals surface area contributed by atoms with Gasteiger partial charge in [0.1, 0.15) is 5.78 Å². The number of ether oxygens (including phenoxy) is 1. The topological polar surface area (TPSA) is 75.7 Å². The van der Waals surface area contributed by atoms with E-state index in [4.69, 9.17) is 4.74 Å². The van der Waals surface area contributed by atoms with Crippen LogP contribution in [0, 0.1) is 5.92 Å². The average Bonchev–Trinajstić information content (AvgIpc) is 2.34. The van der Waals surface area contributed by atoms with E-state index < -0.39 is 0 Å². The number of methoxy groups -OCH3 is 1. The molecule has 0 radical (unpaired) electrons. The van der Waals surface area contributed by atoms with Crippen LogP contribution < -0.4 is 5.32 Å². The predicted molar refractivity (Wildman–Crippen MR) is 64.8 cm³/mol. The van der Waals surface area contributed by atoms with Crippen LogP contribution in [-0.4, -0.2) is 55.8 Å². The van der Waals surface area contributed by atoms with Crippen LogP contribution in [0.15, 0.2) is 0 Å². The minimum atomic E-state index is -0.273. The van der Waals surface area contributed by atoms with Gasteiger partial charge in [0, 0.05) is 6.54 Å². The number of piperidine rings is 1. The Morgan fingerprint density at radius 3 is 2.50 bits per heavy atom. The number of hydrogen-bond donors (Lipinski definition) is 1. The summed E-state index contributed by atoms with van der Waals surface area (Å²) in [6.07, 6.45) is 1.23. The van der Waals surface area contributed by atoms with Crippen molar-refractivity contribution in [1.29, 1.82) is 0 Å². The van der Waals surface area contributed by atoms with Gasteiger partial charge in [0.2, 0.25) is 5.91 Å². The SMILES string of the molecule is COC(=O)C1CCC(C(=O)NCC(C)=O)N(C)C1. The van der Waals surface area contributed by atoms with Gasteiger partial charge in [-0.15, -0.1) is 0 Å². The number of carbonyl (C=O) groups excluding carboxylic acids is 3. The maximum absolute atomic E-state index is 11.8. The van der Waals surface area contributed by atoms with E-state index >= 15 is 0 Å². The number of ketones is 1. The Labute approximate surface area is 107 Å². The van der Waals surface area contributed by atoms with Gasteiger partial charge in [-0.2, -0.15) is 0 Å². The number of nitrogens with one attached hydrogen (secondary N) is 1. The molecule has 1 rings (SSSR count). The summed E-state index contributed by atoms with van der Waals surface area (Å²) < 4.78 is 4.70. The van der Waals surface area contributed by atoms with E-state index in [9.17, 15) is 14.4 Å². The standard InChI is InChI=1S/C12H20N2O4/c1-8(15)6-13-11(16)10-5-4-9(7-14(10)2)12(17)18-3/h9-10H,4-7H2,1-3H3,(H,13,16). The van der Waals surface area contributed by atoms with Gasteiger partial charge in [0.25, 0.3) is 0 Å². The molecule has 6 heteroatoms.